The van der Waals surface area contributed by atoms with Gasteiger partial charge in [0.25, 0.3) is 5.91 Å². The molecule has 5 rings (SSSR count). The summed E-state index contributed by atoms with van der Waals surface area (Å²) >= 11 is 0. The summed E-state index contributed by atoms with van der Waals surface area (Å²) in [5.74, 6) is 1.55. The van der Waals surface area contributed by atoms with Crippen LogP contribution in [0.2, 0.25) is 0 Å². The summed E-state index contributed by atoms with van der Waals surface area (Å²) in [7, 11) is 1.65. The van der Waals surface area contributed by atoms with Gasteiger partial charge in [0.2, 0.25) is 0 Å². The Balaban J connectivity index is 1.35. The molecular weight excluding hydrogens is 384 g/mol. The van der Waals surface area contributed by atoms with E-state index >= 15 is 0 Å². The van der Waals surface area contributed by atoms with Crippen molar-refractivity contribution in [3.05, 3.63) is 47.8 Å². The standard InChI is InChI=1S/C23H26N2O5/c1-22(2)17-8-23(11-25(12-23)21(27)14-7-15(26)10-24-9-14)13-29-19(17)16-5-4-6-18(28-3)20(16)30-22/h4-7,9-10,17,19,26H,8,11-13H2,1-3H3/t17-,19+/m0/s1. The van der Waals surface area contributed by atoms with Crippen LogP contribution in [-0.4, -0.2) is 53.3 Å². The quantitative estimate of drug-likeness (QED) is 0.819. The van der Waals surface area contributed by atoms with Crippen molar-refractivity contribution in [3.8, 4) is 17.2 Å². The highest BCUT2D eigenvalue weighted by atomic mass is 16.5. The monoisotopic (exact) mass is 410 g/mol. The van der Waals surface area contributed by atoms with Crippen LogP contribution in [0.25, 0.3) is 0 Å². The van der Waals surface area contributed by atoms with Crippen molar-refractivity contribution in [1.82, 2.24) is 9.88 Å². The predicted molar refractivity (Wildman–Crippen MR) is 109 cm³/mol. The van der Waals surface area contributed by atoms with Gasteiger partial charge in [-0.05, 0) is 32.4 Å². The number of amides is 1. The number of hydrogen-bond acceptors (Lipinski definition) is 6. The predicted octanol–water partition coefficient (Wildman–Crippen LogP) is 3.19. The molecule has 1 aromatic carbocycles. The zero-order valence-corrected chi connectivity index (χ0v) is 17.4. The highest BCUT2D eigenvalue weighted by Gasteiger charge is 2.57. The Labute approximate surface area is 175 Å². The summed E-state index contributed by atoms with van der Waals surface area (Å²) in [4.78, 5) is 18.5. The number of pyridine rings is 1. The van der Waals surface area contributed by atoms with E-state index in [2.05, 4.69) is 18.8 Å². The highest BCUT2D eigenvalue weighted by Crippen LogP contribution is 2.56. The van der Waals surface area contributed by atoms with Crippen LogP contribution in [0.1, 0.15) is 42.3 Å². The molecule has 0 radical (unpaired) electrons. The zero-order chi connectivity index (χ0) is 21.1. The van der Waals surface area contributed by atoms with E-state index in [4.69, 9.17) is 14.2 Å². The van der Waals surface area contributed by atoms with E-state index in [1.165, 1.54) is 18.5 Å². The van der Waals surface area contributed by atoms with E-state index in [1.807, 2.05) is 18.2 Å². The summed E-state index contributed by atoms with van der Waals surface area (Å²) in [5, 5.41) is 9.61. The number of likely N-dealkylation sites (tertiary alicyclic amines) is 1. The van der Waals surface area contributed by atoms with Crippen molar-refractivity contribution in [2.45, 2.75) is 32.0 Å². The molecule has 2 atom stereocenters. The van der Waals surface area contributed by atoms with Gasteiger partial charge in [0, 0.05) is 36.2 Å². The number of methoxy groups -OCH3 is 1. The number of aromatic hydroxyl groups is 1. The van der Waals surface area contributed by atoms with Gasteiger partial charge in [-0.2, -0.15) is 0 Å². The van der Waals surface area contributed by atoms with Gasteiger partial charge in [-0.3, -0.25) is 9.78 Å². The minimum Gasteiger partial charge on any atom is -0.506 e. The molecule has 1 amide bonds. The van der Waals surface area contributed by atoms with Crippen LogP contribution in [0.5, 0.6) is 17.2 Å². The number of hydrogen-bond donors (Lipinski definition) is 1. The number of carbonyl (C=O) groups is 1. The molecule has 2 fully saturated rings. The number of carbonyl (C=O) groups excluding carboxylic acids is 1. The highest BCUT2D eigenvalue weighted by molar-refractivity contribution is 5.94. The Kier molecular flexibility index (Phi) is 4.22. The minimum absolute atomic E-state index is 0.00451. The second kappa shape index (κ2) is 6.60. The molecule has 0 unspecified atom stereocenters. The van der Waals surface area contributed by atoms with Gasteiger partial charge in [0.05, 0.1) is 31.6 Å². The summed E-state index contributed by atoms with van der Waals surface area (Å²) in [6, 6.07) is 7.38. The average molecular weight is 410 g/mol. The molecule has 0 saturated carbocycles. The lowest BCUT2D eigenvalue weighted by atomic mass is 9.64. The first kappa shape index (κ1) is 19.2. The third-order valence-electron chi connectivity index (χ3n) is 6.69. The van der Waals surface area contributed by atoms with Crippen molar-refractivity contribution in [2.24, 2.45) is 11.3 Å². The Morgan fingerprint density at radius 3 is 2.83 bits per heavy atom. The topological polar surface area (TPSA) is 81.1 Å². The van der Waals surface area contributed by atoms with Gasteiger partial charge in [-0.1, -0.05) is 12.1 Å². The van der Waals surface area contributed by atoms with Crippen LogP contribution in [0.3, 0.4) is 0 Å². The Morgan fingerprint density at radius 1 is 1.30 bits per heavy atom. The number of aromatic nitrogens is 1. The van der Waals surface area contributed by atoms with Crippen LogP contribution < -0.4 is 9.47 Å². The number of para-hydroxylation sites is 1. The largest absolute Gasteiger partial charge is 0.506 e. The molecule has 1 aromatic heterocycles. The van der Waals surface area contributed by atoms with Crippen LogP contribution in [0, 0.1) is 11.3 Å². The first-order chi connectivity index (χ1) is 14.3. The van der Waals surface area contributed by atoms with Crippen molar-refractivity contribution >= 4 is 5.91 Å². The SMILES string of the molecule is COc1cccc2c1OC(C)(C)[C@H]1CC3(CO[C@H]21)CN(C(=O)c1cncc(O)c1)C3. The maximum Gasteiger partial charge on any atom is 0.255 e. The average Bonchev–Trinajstić information content (AvgIpc) is 2.70. The minimum atomic E-state index is -0.417. The normalized spacial score (nSPS) is 25.5. The zero-order valence-electron chi connectivity index (χ0n) is 17.4. The number of benzene rings is 1. The fraction of sp³-hybridized carbons (Fsp3) is 0.478. The lowest BCUT2D eigenvalue weighted by molar-refractivity contribution is -0.192. The Morgan fingerprint density at radius 2 is 2.10 bits per heavy atom. The first-order valence-corrected chi connectivity index (χ1v) is 10.2. The molecule has 0 bridgehead atoms. The van der Waals surface area contributed by atoms with Crippen LogP contribution in [-0.2, 0) is 4.74 Å². The molecule has 7 nitrogen and oxygen atoms in total. The van der Waals surface area contributed by atoms with E-state index in [0.29, 0.717) is 25.3 Å². The molecule has 3 aliphatic heterocycles. The van der Waals surface area contributed by atoms with Crippen LogP contribution in [0.4, 0.5) is 0 Å². The molecule has 7 heteroatoms. The Hall–Kier alpha value is -2.80. The molecule has 2 saturated heterocycles. The van der Waals surface area contributed by atoms with E-state index in [-0.39, 0.29) is 29.1 Å². The molecule has 0 aliphatic carbocycles. The molecule has 1 N–H and O–H groups in total. The van der Waals surface area contributed by atoms with Crippen molar-refractivity contribution in [3.63, 3.8) is 0 Å². The van der Waals surface area contributed by atoms with Gasteiger partial charge >= 0.3 is 0 Å². The van der Waals surface area contributed by atoms with E-state index in [0.717, 1.165) is 23.5 Å². The number of fused-ring (bicyclic) bond motifs is 3. The molecular formula is C23H26N2O5. The van der Waals surface area contributed by atoms with Crippen molar-refractivity contribution < 1.29 is 24.1 Å². The van der Waals surface area contributed by atoms with Gasteiger partial charge in [0.15, 0.2) is 11.5 Å². The van der Waals surface area contributed by atoms with Gasteiger partial charge in [0.1, 0.15) is 11.4 Å². The van der Waals surface area contributed by atoms with Crippen LogP contribution in [0.15, 0.2) is 36.7 Å². The second-order valence-corrected chi connectivity index (χ2v) is 9.22. The number of rotatable bonds is 2. The van der Waals surface area contributed by atoms with Crippen LogP contribution >= 0.6 is 0 Å². The lowest BCUT2D eigenvalue weighted by Crippen LogP contribution is -2.65. The molecule has 30 heavy (non-hydrogen) atoms. The van der Waals surface area contributed by atoms with E-state index in [9.17, 15) is 9.90 Å². The fourth-order valence-electron chi connectivity index (χ4n) is 5.15. The van der Waals surface area contributed by atoms with Gasteiger partial charge in [-0.25, -0.2) is 0 Å². The molecule has 1 spiro atoms. The smallest absolute Gasteiger partial charge is 0.255 e. The summed E-state index contributed by atoms with van der Waals surface area (Å²) in [6.07, 6.45) is 3.68. The van der Waals surface area contributed by atoms with E-state index in [1.54, 1.807) is 12.0 Å². The second-order valence-electron chi connectivity index (χ2n) is 9.22. The van der Waals surface area contributed by atoms with Crippen molar-refractivity contribution in [2.75, 3.05) is 26.8 Å². The maximum absolute atomic E-state index is 12.7. The first-order valence-electron chi connectivity index (χ1n) is 10.2. The number of ether oxygens (including phenoxy) is 3. The fourth-order valence-corrected chi connectivity index (χ4v) is 5.15. The summed E-state index contributed by atoms with van der Waals surface area (Å²) in [6.45, 7) is 6.06. The van der Waals surface area contributed by atoms with Crippen molar-refractivity contribution in [1.29, 1.82) is 0 Å². The van der Waals surface area contributed by atoms with Gasteiger partial charge in [-0.15, -0.1) is 0 Å². The molecule has 3 aliphatic rings. The Bertz CT molecular complexity index is 999. The third kappa shape index (κ3) is 2.91. The molecule has 158 valence electrons. The molecule has 4 heterocycles. The summed E-state index contributed by atoms with van der Waals surface area (Å²) < 4.78 is 18.3. The van der Waals surface area contributed by atoms with Gasteiger partial charge < -0.3 is 24.2 Å². The van der Waals surface area contributed by atoms with E-state index < -0.39 is 5.60 Å². The lowest BCUT2D eigenvalue weighted by Gasteiger charge is -2.58. The molecule has 2 aromatic rings. The maximum atomic E-state index is 12.7. The number of nitrogens with zero attached hydrogens (tertiary/aromatic N) is 2. The third-order valence-corrected chi connectivity index (χ3v) is 6.69. The summed E-state index contributed by atoms with van der Waals surface area (Å²) in [5.41, 5.74) is 0.950.